The molecule has 0 amide bonds. The maximum atomic E-state index is 14.0. The molecule has 110 valence electrons. The molecule has 0 saturated carbocycles. The van der Waals surface area contributed by atoms with Gasteiger partial charge in [-0.25, -0.2) is 13.8 Å². The van der Waals surface area contributed by atoms with Gasteiger partial charge < -0.3 is 9.47 Å². The standard InChI is InChI=1S/C14H12F2N2O3/c1-7-4-5-8(15)10(11(7)16)13(19)12-14(21-3)18-9(20-2)6-17-12/h4-6H,1-3H3. The summed E-state index contributed by atoms with van der Waals surface area (Å²) in [7, 11) is 2.63. The van der Waals surface area contributed by atoms with Crippen molar-refractivity contribution in [2.24, 2.45) is 0 Å². The summed E-state index contributed by atoms with van der Waals surface area (Å²) in [5.74, 6) is -2.89. The van der Waals surface area contributed by atoms with E-state index in [2.05, 4.69) is 9.97 Å². The number of aromatic nitrogens is 2. The van der Waals surface area contributed by atoms with Gasteiger partial charge >= 0.3 is 0 Å². The summed E-state index contributed by atoms with van der Waals surface area (Å²) >= 11 is 0. The van der Waals surface area contributed by atoms with Crippen LogP contribution < -0.4 is 9.47 Å². The van der Waals surface area contributed by atoms with Gasteiger partial charge in [0.25, 0.3) is 0 Å². The zero-order chi connectivity index (χ0) is 15.6. The first-order valence-electron chi connectivity index (χ1n) is 5.94. The summed E-state index contributed by atoms with van der Waals surface area (Å²) in [6.45, 7) is 1.43. The van der Waals surface area contributed by atoms with Gasteiger partial charge in [0.1, 0.15) is 11.6 Å². The van der Waals surface area contributed by atoms with E-state index in [1.807, 2.05) is 0 Å². The van der Waals surface area contributed by atoms with Gasteiger partial charge in [-0.3, -0.25) is 4.79 Å². The lowest BCUT2D eigenvalue weighted by atomic mass is 10.0. The normalized spacial score (nSPS) is 10.3. The third kappa shape index (κ3) is 2.67. The van der Waals surface area contributed by atoms with Crippen LogP contribution in [0.4, 0.5) is 8.78 Å². The molecule has 7 heteroatoms. The lowest BCUT2D eigenvalue weighted by molar-refractivity contribution is 0.102. The van der Waals surface area contributed by atoms with Crippen LogP contribution in [0.25, 0.3) is 0 Å². The van der Waals surface area contributed by atoms with Crippen LogP contribution in [0.2, 0.25) is 0 Å². The number of carbonyl (C=O) groups is 1. The van der Waals surface area contributed by atoms with E-state index in [4.69, 9.17) is 9.47 Å². The molecule has 0 bridgehead atoms. The number of benzene rings is 1. The van der Waals surface area contributed by atoms with E-state index in [9.17, 15) is 13.6 Å². The first kappa shape index (κ1) is 14.8. The fourth-order valence-corrected chi connectivity index (χ4v) is 1.74. The van der Waals surface area contributed by atoms with Crippen molar-refractivity contribution < 1.29 is 23.0 Å². The zero-order valence-electron chi connectivity index (χ0n) is 11.6. The van der Waals surface area contributed by atoms with Gasteiger partial charge in [-0.05, 0) is 18.6 Å². The van der Waals surface area contributed by atoms with Crippen LogP contribution in [0.1, 0.15) is 21.6 Å². The topological polar surface area (TPSA) is 61.3 Å². The quantitative estimate of drug-likeness (QED) is 0.810. The van der Waals surface area contributed by atoms with Gasteiger partial charge in [0.15, 0.2) is 5.69 Å². The van der Waals surface area contributed by atoms with Crippen LogP contribution >= 0.6 is 0 Å². The molecule has 0 unspecified atom stereocenters. The molecular formula is C14H12F2N2O3. The molecule has 2 aromatic rings. The van der Waals surface area contributed by atoms with E-state index in [-0.39, 0.29) is 23.0 Å². The molecule has 5 nitrogen and oxygen atoms in total. The minimum Gasteiger partial charge on any atom is -0.480 e. The summed E-state index contributed by atoms with van der Waals surface area (Å²) < 4.78 is 37.5. The van der Waals surface area contributed by atoms with Crippen molar-refractivity contribution in [3.8, 4) is 11.8 Å². The Bertz CT molecular complexity index is 705. The Labute approximate surface area is 119 Å². The van der Waals surface area contributed by atoms with E-state index in [1.54, 1.807) is 0 Å². The molecule has 0 N–H and O–H groups in total. The van der Waals surface area contributed by atoms with Crippen LogP contribution in [0.15, 0.2) is 18.3 Å². The maximum Gasteiger partial charge on any atom is 0.247 e. The smallest absolute Gasteiger partial charge is 0.247 e. The van der Waals surface area contributed by atoms with Crippen LogP contribution in [-0.4, -0.2) is 30.0 Å². The Morgan fingerprint density at radius 2 is 1.90 bits per heavy atom. The average Bonchev–Trinajstić information content (AvgIpc) is 2.50. The van der Waals surface area contributed by atoms with Crippen LogP contribution in [0.5, 0.6) is 11.8 Å². The van der Waals surface area contributed by atoms with Crippen molar-refractivity contribution in [3.63, 3.8) is 0 Å². The van der Waals surface area contributed by atoms with Gasteiger partial charge in [0, 0.05) is 0 Å². The number of carbonyl (C=O) groups excluding carboxylic acids is 1. The van der Waals surface area contributed by atoms with Crippen molar-refractivity contribution in [1.82, 2.24) is 9.97 Å². The highest BCUT2D eigenvalue weighted by molar-refractivity contribution is 6.09. The van der Waals surface area contributed by atoms with Crippen molar-refractivity contribution in [3.05, 3.63) is 46.8 Å². The number of ether oxygens (including phenoxy) is 2. The predicted molar refractivity (Wildman–Crippen MR) is 69.7 cm³/mol. The predicted octanol–water partition coefficient (Wildman–Crippen LogP) is 2.31. The number of rotatable bonds is 4. The fourth-order valence-electron chi connectivity index (χ4n) is 1.74. The molecule has 0 saturated heterocycles. The SMILES string of the molecule is COc1cnc(C(=O)c2c(F)ccc(C)c2F)c(OC)n1. The van der Waals surface area contributed by atoms with Crippen molar-refractivity contribution >= 4 is 5.78 Å². The minimum atomic E-state index is -0.970. The maximum absolute atomic E-state index is 14.0. The van der Waals surface area contributed by atoms with Crippen LogP contribution in [-0.2, 0) is 0 Å². The summed E-state index contributed by atoms with van der Waals surface area (Å²) in [6, 6.07) is 2.27. The van der Waals surface area contributed by atoms with E-state index in [1.165, 1.54) is 33.4 Å². The monoisotopic (exact) mass is 294 g/mol. The Kier molecular flexibility index (Phi) is 4.11. The van der Waals surface area contributed by atoms with Gasteiger partial charge in [-0.1, -0.05) is 6.07 Å². The first-order valence-corrected chi connectivity index (χ1v) is 5.94. The molecule has 21 heavy (non-hydrogen) atoms. The molecule has 0 aliphatic carbocycles. The Balaban J connectivity index is 2.58. The van der Waals surface area contributed by atoms with Gasteiger partial charge in [-0.15, -0.1) is 0 Å². The summed E-state index contributed by atoms with van der Waals surface area (Å²) in [6.07, 6.45) is 1.17. The number of ketones is 1. The van der Waals surface area contributed by atoms with Gasteiger partial charge in [0.2, 0.25) is 17.5 Å². The fraction of sp³-hybridized carbons (Fsp3) is 0.214. The third-order valence-electron chi connectivity index (χ3n) is 2.85. The highest BCUT2D eigenvalue weighted by Gasteiger charge is 2.25. The molecule has 1 aromatic heterocycles. The van der Waals surface area contributed by atoms with E-state index in [0.717, 1.165) is 6.07 Å². The Morgan fingerprint density at radius 1 is 1.19 bits per heavy atom. The van der Waals surface area contributed by atoms with Crippen molar-refractivity contribution in [2.75, 3.05) is 14.2 Å². The summed E-state index contributed by atoms with van der Waals surface area (Å²) in [5, 5.41) is 0. The Hall–Kier alpha value is -2.57. The van der Waals surface area contributed by atoms with Crippen molar-refractivity contribution in [1.29, 1.82) is 0 Å². The van der Waals surface area contributed by atoms with E-state index >= 15 is 0 Å². The number of halogens is 2. The molecule has 1 aromatic carbocycles. The second-order valence-electron chi connectivity index (χ2n) is 4.15. The van der Waals surface area contributed by atoms with Crippen LogP contribution in [0, 0.1) is 18.6 Å². The number of nitrogens with zero attached hydrogens (tertiary/aromatic N) is 2. The molecule has 2 rings (SSSR count). The minimum absolute atomic E-state index is 0.119. The highest BCUT2D eigenvalue weighted by atomic mass is 19.1. The van der Waals surface area contributed by atoms with Gasteiger partial charge in [0.05, 0.1) is 26.0 Å². The Morgan fingerprint density at radius 3 is 2.52 bits per heavy atom. The number of aryl methyl sites for hydroxylation is 1. The lowest BCUT2D eigenvalue weighted by Crippen LogP contribution is -2.13. The average molecular weight is 294 g/mol. The molecule has 0 spiro atoms. The molecule has 0 atom stereocenters. The van der Waals surface area contributed by atoms with Crippen LogP contribution in [0.3, 0.4) is 0 Å². The lowest BCUT2D eigenvalue weighted by Gasteiger charge is -2.09. The molecule has 0 fully saturated rings. The molecule has 1 heterocycles. The summed E-state index contributed by atoms with van der Waals surface area (Å²) in [5.41, 5.74) is -0.824. The highest BCUT2D eigenvalue weighted by Crippen LogP contribution is 2.24. The molecule has 0 radical (unpaired) electrons. The van der Waals surface area contributed by atoms with E-state index < -0.39 is 23.0 Å². The number of methoxy groups -OCH3 is 2. The summed E-state index contributed by atoms with van der Waals surface area (Å²) in [4.78, 5) is 20.0. The zero-order valence-corrected chi connectivity index (χ0v) is 11.6. The second kappa shape index (κ2) is 5.82. The molecule has 0 aliphatic heterocycles. The third-order valence-corrected chi connectivity index (χ3v) is 2.85. The van der Waals surface area contributed by atoms with Crippen molar-refractivity contribution in [2.45, 2.75) is 6.92 Å². The first-order chi connectivity index (χ1) is 9.99. The molecular weight excluding hydrogens is 282 g/mol. The number of hydrogen-bond donors (Lipinski definition) is 0. The largest absolute Gasteiger partial charge is 0.480 e. The molecule has 0 aliphatic rings. The second-order valence-corrected chi connectivity index (χ2v) is 4.15. The number of hydrogen-bond acceptors (Lipinski definition) is 5. The van der Waals surface area contributed by atoms with E-state index in [0.29, 0.717) is 0 Å². The van der Waals surface area contributed by atoms with Gasteiger partial charge in [-0.2, -0.15) is 4.98 Å².